The normalized spacial score (nSPS) is 10.5. The fourth-order valence-electron chi connectivity index (χ4n) is 3.33. The zero-order chi connectivity index (χ0) is 25.6. The zero-order valence-corrected chi connectivity index (χ0v) is 21.0. The van der Waals surface area contributed by atoms with Crippen molar-refractivity contribution in [3.63, 3.8) is 0 Å². The molecule has 3 rings (SSSR count). The van der Waals surface area contributed by atoms with E-state index in [9.17, 15) is 9.59 Å². The van der Waals surface area contributed by atoms with E-state index in [-0.39, 0.29) is 13.2 Å². The van der Waals surface area contributed by atoms with E-state index >= 15 is 0 Å². The van der Waals surface area contributed by atoms with Gasteiger partial charge < -0.3 is 18.9 Å². The Morgan fingerprint density at radius 3 is 1.42 bits per heavy atom. The third-order valence-electron chi connectivity index (χ3n) is 5.43. The molecule has 0 aliphatic heterocycles. The van der Waals surface area contributed by atoms with E-state index < -0.39 is 11.9 Å². The molecule has 0 saturated carbocycles. The largest absolute Gasteiger partial charge is 0.494 e. The van der Waals surface area contributed by atoms with Crippen LogP contribution in [0, 0.1) is 0 Å². The summed E-state index contributed by atoms with van der Waals surface area (Å²) in [7, 11) is 0. The predicted molar refractivity (Wildman–Crippen MR) is 138 cm³/mol. The number of esters is 2. The lowest BCUT2D eigenvalue weighted by molar-refractivity contribution is 0.0458. The fraction of sp³-hybridized carbons (Fsp3) is 0.333. The van der Waals surface area contributed by atoms with E-state index in [4.69, 9.17) is 18.9 Å². The highest BCUT2D eigenvalue weighted by atomic mass is 16.5. The summed E-state index contributed by atoms with van der Waals surface area (Å²) in [5.41, 5.74) is 2.41. The Morgan fingerprint density at radius 2 is 1.03 bits per heavy atom. The van der Waals surface area contributed by atoms with Crippen LogP contribution in [0.4, 0.5) is 0 Å². The number of benzene rings is 3. The van der Waals surface area contributed by atoms with Crippen molar-refractivity contribution in [3.05, 3.63) is 95.1 Å². The first-order valence-electron chi connectivity index (χ1n) is 12.5. The molecule has 0 spiro atoms. The van der Waals surface area contributed by atoms with E-state index in [1.54, 1.807) is 24.3 Å². The lowest BCUT2D eigenvalue weighted by Crippen LogP contribution is -2.08. The molecule has 36 heavy (non-hydrogen) atoms. The summed E-state index contributed by atoms with van der Waals surface area (Å²) in [5, 5.41) is 0. The average Bonchev–Trinajstić information content (AvgIpc) is 2.91. The maximum atomic E-state index is 12.5. The topological polar surface area (TPSA) is 71.1 Å². The molecule has 0 radical (unpaired) electrons. The monoisotopic (exact) mass is 490 g/mol. The number of hydrogen-bond acceptors (Lipinski definition) is 6. The molecule has 3 aromatic carbocycles. The van der Waals surface area contributed by atoms with Crippen LogP contribution in [-0.2, 0) is 22.7 Å². The third-order valence-corrected chi connectivity index (χ3v) is 5.43. The molecule has 0 heterocycles. The van der Waals surface area contributed by atoms with Crippen LogP contribution in [0.15, 0.2) is 72.8 Å². The van der Waals surface area contributed by atoms with Crippen LogP contribution >= 0.6 is 0 Å². The number of carbonyl (C=O) groups excluding carboxylic acids is 2. The van der Waals surface area contributed by atoms with Crippen LogP contribution in [0.5, 0.6) is 11.5 Å². The summed E-state index contributed by atoms with van der Waals surface area (Å²) >= 11 is 0. The van der Waals surface area contributed by atoms with Gasteiger partial charge in [0.1, 0.15) is 24.7 Å². The summed E-state index contributed by atoms with van der Waals surface area (Å²) in [6.45, 7) is 5.81. The zero-order valence-electron chi connectivity index (χ0n) is 21.0. The summed E-state index contributed by atoms with van der Waals surface area (Å²) < 4.78 is 22.2. The van der Waals surface area contributed by atoms with Crippen LogP contribution in [0.1, 0.15) is 71.4 Å². The molecule has 0 N–H and O–H groups in total. The number of unbranched alkanes of at least 4 members (excludes halogenated alkanes) is 2. The van der Waals surface area contributed by atoms with Gasteiger partial charge in [-0.3, -0.25) is 0 Å². The molecule has 190 valence electrons. The van der Waals surface area contributed by atoms with Gasteiger partial charge in [0, 0.05) is 0 Å². The van der Waals surface area contributed by atoms with Gasteiger partial charge in [0.2, 0.25) is 0 Å². The van der Waals surface area contributed by atoms with Crippen LogP contribution in [0.2, 0.25) is 0 Å². The maximum absolute atomic E-state index is 12.5. The number of rotatable bonds is 14. The summed E-state index contributed by atoms with van der Waals surface area (Å²) in [5.74, 6) is 0.588. The van der Waals surface area contributed by atoms with Gasteiger partial charge in [-0.05, 0) is 72.5 Å². The smallest absolute Gasteiger partial charge is 0.338 e. The van der Waals surface area contributed by atoms with Gasteiger partial charge in [0.15, 0.2) is 0 Å². The van der Waals surface area contributed by atoms with Gasteiger partial charge in [-0.2, -0.15) is 0 Å². The minimum atomic E-state index is -0.466. The predicted octanol–water partition coefficient (Wildman–Crippen LogP) is 6.76. The van der Waals surface area contributed by atoms with Crippen molar-refractivity contribution >= 4 is 11.9 Å². The molecule has 6 heteroatoms. The SMILES string of the molecule is CCCCOc1cccc(COC(=O)c2ccc(C(=O)OCc3cccc(OCCCC)c3)cc2)c1. The lowest BCUT2D eigenvalue weighted by Gasteiger charge is -2.09. The van der Waals surface area contributed by atoms with Crippen molar-refractivity contribution in [1.29, 1.82) is 0 Å². The molecule has 0 aliphatic carbocycles. The Labute approximate surface area is 213 Å². The van der Waals surface area contributed by atoms with Crippen LogP contribution in [0.3, 0.4) is 0 Å². The van der Waals surface area contributed by atoms with Crippen molar-refractivity contribution in [2.45, 2.75) is 52.7 Å². The van der Waals surface area contributed by atoms with Gasteiger partial charge in [-0.1, -0.05) is 51.0 Å². The Morgan fingerprint density at radius 1 is 0.611 bits per heavy atom. The number of carbonyl (C=O) groups is 2. The van der Waals surface area contributed by atoms with Crippen molar-refractivity contribution in [2.75, 3.05) is 13.2 Å². The molecule has 0 amide bonds. The summed E-state index contributed by atoms with van der Waals surface area (Å²) in [6, 6.07) is 21.3. The summed E-state index contributed by atoms with van der Waals surface area (Å²) in [4.78, 5) is 24.9. The summed E-state index contributed by atoms with van der Waals surface area (Å²) in [6.07, 6.45) is 4.11. The van der Waals surface area contributed by atoms with Crippen molar-refractivity contribution < 1.29 is 28.5 Å². The molecular weight excluding hydrogens is 456 g/mol. The highest BCUT2D eigenvalue weighted by Crippen LogP contribution is 2.17. The van der Waals surface area contributed by atoms with Crippen LogP contribution in [0.25, 0.3) is 0 Å². The quantitative estimate of drug-likeness (QED) is 0.184. The van der Waals surface area contributed by atoms with Gasteiger partial charge >= 0.3 is 11.9 Å². The van der Waals surface area contributed by atoms with E-state index in [1.165, 1.54) is 0 Å². The maximum Gasteiger partial charge on any atom is 0.338 e. The van der Waals surface area contributed by atoms with Gasteiger partial charge in [0.25, 0.3) is 0 Å². The van der Waals surface area contributed by atoms with Crippen molar-refractivity contribution in [2.24, 2.45) is 0 Å². The molecule has 0 aliphatic rings. The van der Waals surface area contributed by atoms with E-state index in [1.807, 2.05) is 48.5 Å². The molecule has 0 fully saturated rings. The first-order chi connectivity index (χ1) is 17.6. The third kappa shape index (κ3) is 8.77. The van der Waals surface area contributed by atoms with E-state index in [0.29, 0.717) is 24.3 Å². The average molecular weight is 491 g/mol. The fourth-order valence-corrected chi connectivity index (χ4v) is 3.33. The van der Waals surface area contributed by atoms with Crippen LogP contribution in [-0.4, -0.2) is 25.2 Å². The standard InChI is InChI=1S/C30H34O6/c1-3-5-17-33-27-11-7-9-23(19-27)21-35-29(31)25-13-15-26(16-14-25)30(32)36-22-24-10-8-12-28(20-24)34-18-6-4-2/h7-16,19-20H,3-6,17-18,21-22H2,1-2H3. The molecule has 6 nitrogen and oxygen atoms in total. The minimum Gasteiger partial charge on any atom is -0.494 e. The van der Waals surface area contributed by atoms with E-state index in [2.05, 4.69) is 13.8 Å². The van der Waals surface area contributed by atoms with Gasteiger partial charge in [-0.15, -0.1) is 0 Å². The van der Waals surface area contributed by atoms with Crippen molar-refractivity contribution in [1.82, 2.24) is 0 Å². The van der Waals surface area contributed by atoms with Gasteiger partial charge in [-0.25, -0.2) is 9.59 Å². The van der Waals surface area contributed by atoms with Gasteiger partial charge in [0.05, 0.1) is 24.3 Å². The molecule has 0 atom stereocenters. The Hall–Kier alpha value is -3.80. The van der Waals surface area contributed by atoms with E-state index in [0.717, 1.165) is 48.3 Å². The lowest BCUT2D eigenvalue weighted by atomic mass is 10.1. The second-order valence-electron chi connectivity index (χ2n) is 8.43. The Kier molecular flexibility index (Phi) is 10.8. The highest BCUT2D eigenvalue weighted by molar-refractivity contribution is 5.93. The molecule has 0 saturated heterocycles. The first kappa shape index (κ1) is 26.8. The first-order valence-corrected chi connectivity index (χ1v) is 12.5. The molecular formula is C30H34O6. The molecule has 3 aromatic rings. The second-order valence-corrected chi connectivity index (χ2v) is 8.43. The van der Waals surface area contributed by atoms with Crippen LogP contribution < -0.4 is 9.47 Å². The second kappa shape index (κ2) is 14.6. The number of hydrogen-bond donors (Lipinski definition) is 0. The molecule has 0 aromatic heterocycles. The minimum absolute atomic E-state index is 0.134. The molecule has 0 bridgehead atoms. The highest BCUT2D eigenvalue weighted by Gasteiger charge is 2.12. The number of ether oxygens (including phenoxy) is 4. The molecule has 0 unspecified atom stereocenters. The van der Waals surface area contributed by atoms with Crippen molar-refractivity contribution in [3.8, 4) is 11.5 Å². The Balaban J connectivity index is 1.47. The Bertz CT molecular complexity index is 1020.